The molecule has 29 heavy (non-hydrogen) atoms. The Morgan fingerprint density at radius 3 is 2.69 bits per heavy atom. The van der Waals surface area contributed by atoms with Gasteiger partial charge in [-0.2, -0.15) is 0 Å². The number of aromatic nitrogens is 2. The predicted octanol–water partition coefficient (Wildman–Crippen LogP) is 2.91. The van der Waals surface area contributed by atoms with Crippen LogP contribution in [0.1, 0.15) is 21.6 Å². The number of hydrogen-bond acceptors (Lipinski definition) is 4. The monoisotopic (exact) mass is 399 g/mol. The summed E-state index contributed by atoms with van der Waals surface area (Å²) in [5, 5.41) is 9.07. The van der Waals surface area contributed by atoms with Gasteiger partial charge < -0.3 is 14.2 Å². The van der Waals surface area contributed by atoms with Crippen molar-refractivity contribution in [3.05, 3.63) is 58.9 Å². The molecule has 0 saturated carbocycles. The molecule has 0 radical (unpaired) electrons. The maximum atomic E-state index is 14.8. The van der Waals surface area contributed by atoms with Crippen LogP contribution in [0.5, 0.6) is 0 Å². The molecule has 1 unspecified atom stereocenters. The maximum absolute atomic E-state index is 14.8. The van der Waals surface area contributed by atoms with E-state index >= 15 is 0 Å². The van der Waals surface area contributed by atoms with E-state index in [1.54, 1.807) is 0 Å². The highest BCUT2D eigenvalue weighted by atomic mass is 19.1. The second-order valence-corrected chi connectivity index (χ2v) is 7.64. The molecule has 0 amide bonds. The third-order valence-electron chi connectivity index (χ3n) is 5.83. The van der Waals surface area contributed by atoms with Gasteiger partial charge in [-0.1, -0.05) is 0 Å². The lowest BCUT2D eigenvalue weighted by Gasteiger charge is -2.52. The number of fused-ring (bicyclic) bond motifs is 3. The Morgan fingerprint density at radius 1 is 1.31 bits per heavy atom. The number of pyridine rings is 1. The van der Waals surface area contributed by atoms with Gasteiger partial charge in [-0.25, -0.2) is 18.6 Å². The number of nitrogens with zero attached hydrogens (tertiary/aromatic N) is 3. The van der Waals surface area contributed by atoms with E-state index in [2.05, 4.69) is 9.88 Å². The first-order chi connectivity index (χ1) is 13.9. The Morgan fingerprint density at radius 2 is 2.07 bits per heavy atom. The normalized spacial score (nSPS) is 23.2. The van der Waals surface area contributed by atoms with Crippen LogP contribution in [-0.2, 0) is 11.2 Å². The highest BCUT2D eigenvalue weighted by molar-refractivity contribution is 5.88. The van der Waals surface area contributed by atoms with Crippen LogP contribution in [0.2, 0.25) is 0 Å². The van der Waals surface area contributed by atoms with Crippen molar-refractivity contribution >= 4 is 11.6 Å². The molecule has 4 heterocycles. The summed E-state index contributed by atoms with van der Waals surface area (Å²) >= 11 is 0. The predicted molar refractivity (Wildman–Crippen MR) is 101 cm³/mol. The zero-order chi connectivity index (χ0) is 20.3. The van der Waals surface area contributed by atoms with Crippen molar-refractivity contribution in [2.45, 2.75) is 25.5 Å². The number of carbonyl (C=O) groups is 1. The van der Waals surface area contributed by atoms with Gasteiger partial charge in [-0.15, -0.1) is 0 Å². The van der Waals surface area contributed by atoms with Crippen molar-refractivity contribution in [3.8, 4) is 11.3 Å². The van der Waals surface area contributed by atoms with Gasteiger partial charge in [0.25, 0.3) is 0 Å². The number of halogens is 2. The average Bonchev–Trinajstić information content (AvgIpc) is 3.02. The van der Waals surface area contributed by atoms with Gasteiger partial charge in [-0.05, 0) is 36.8 Å². The Bertz CT molecular complexity index is 1110. The van der Waals surface area contributed by atoms with Gasteiger partial charge >= 0.3 is 5.97 Å². The summed E-state index contributed by atoms with van der Waals surface area (Å²) in [5.41, 5.74) is 1.73. The van der Waals surface area contributed by atoms with Gasteiger partial charge in [0.05, 0.1) is 35.2 Å². The molecule has 2 aliphatic rings. The molecule has 2 aliphatic heterocycles. The van der Waals surface area contributed by atoms with Gasteiger partial charge in [0.15, 0.2) is 0 Å². The lowest BCUT2D eigenvalue weighted by atomic mass is 9.91. The number of imidazole rings is 1. The zero-order valence-electron chi connectivity index (χ0n) is 15.7. The van der Waals surface area contributed by atoms with Crippen molar-refractivity contribution in [3.63, 3.8) is 0 Å². The Kier molecular flexibility index (Phi) is 4.15. The molecule has 1 aromatic carbocycles. The molecule has 1 N–H and O–H groups in total. The van der Waals surface area contributed by atoms with Crippen LogP contribution < -0.4 is 0 Å². The fourth-order valence-electron chi connectivity index (χ4n) is 4.30. The number of carboxylic acids is 1. The summed E-state index contributed by atoms with van der Waals surface area (Å²) in [6.07, 6.45) is 2.49. The lowest BCUT2D eigenvalue weighted by molar-refractivity contribution is -0.159. The molecule has 6 nitrogen and oxygen atoms in total. The van der Waals surface area contributed by atoms with Gasteiger partial charge in [0.2, 0.25) is 0 Å². The minimum atomic E-state index is -1.38. The largest absolute Gasteiger partial charge is 0.478 e. The summed E-state index contributed by atoms with van der Waals surface area (Å²) in [6, 6.07) is 5.58. The van der Waals surface area contributed by atoms with Crippen molar-refractivity contribution in [1.82, 2.24) is 14.3 Å². The first kappa shape index (κ1) is 18.2. The van der Waals surface area contributed by atoms with Crippen molar-refractivity contribution in [1.29, 1.82) is 0 Å². The second kappa shape index (κ2) is 6.60. The third kappa shape index (κ3) is 2.90. The summed E-state index contributed by atoms with van der Waals surface area (Å²) < 4.78 is 37.3. The maximum Gasteiger partial charge on any atom is 0.335 e. The molecule has 150 valence electrons. The topological polar surface area (TPSA) is 67.1 Å². The SMILES string of the molecule is Cc1ccn2c(C[C@H]3[C@@H]4CN3CCO4)c(-c3c(F)cc(C(=O)O)cc3F)nc2c1. The van der Waals surface area contributed by atoms with E-state index in [4.69, 9.17) is 9.84 Å². The highest BCUT2D eigenvalue weighted by Gasteiger charge is 2.43. The molecular formula is C21H19F2N3O3. The third-order valence-corrected chi connectivity index (χ3v) is 5.83. The molecular weight excluding hydrogens is 380 g/mol. The molecule has 0 spiro atoms. The van der Waals surface area contributed by atoms with Crippen LogP contribution >= 0.6 is 0 Å². The van der Waals surface area contributed by atoms with Crippen LogP contribution in [-0.4, -0.2) is 57.2 Å². The molecule has 2 fully saturated rings. The fourth-order valence-corrected chi connectivity index (χ4v) is 4.30. The zero-order valence-corrected chi connectivity index (χ0v) is 15.7. The number of benzene rings is 1. The average molecular weight is 399 g/mol. The van der Waals surface area contributed by atoms with Gasteiger partial charge in [0.1, 0.15) is 17.3 Å². The molecule has 2 aromatic heterocycles. The van der Waals surface area contributed by atoms with E-state index in [9.17, 15) is 13.6 Å². The van der Waals surface area contributed by atoms with Crippen LogP contribution in [0.25, 0.3) is 16.9 Å². The molecule has 2 saturated heterocycles. The lowest BCUT2D eigenvalue weighted by Crippen LogP contribution is -2.66. The Hall–Kier alpha value is -2.84. The summed E-state index contributed by atoms with van der Waals surface area (Å²) in [5.74, 6) is -3.25. The first-order valence-corrected chi connectivity index (χ1v) is 9.48. The molecule has 3 atom stereocenters. The number of rotatable bonds is 4. The summed E-state index contributed by atoms with van der Waals surface area (Å²) in [6.45, 7) is 4.32. The number of aromatic carboxylic acids is 1. The van der Waals surface area contributed by atoms with Crippen molar-refractivity contribution in [2.24, 2.45) is 0 Å². The highest BCUT2D eigenvalue weighted by Crippen LogP contribution is 2.35. The quantitative estimate of drug-likeness (QED) is 0.731. The first-order valence-electron chi connectivity index (χ1n) is 9.48. The van der Waals surface area contributed by atoms with Crippen LogP contribution in [0.4, 0.5) is 8.78 Å². The molecule has 5 rings (SSSR count). The molecule has 2 bridgehead atoms. The minimum absolute atomic E-state index is 0.108. The van der Waals surface area contributed by atoms with Crippen LogP contribution in [0.15, 0.2) is 30.5 Å². The standard InChI is InChI=1S/C21H19F2N3O3/c1-11-2-3-26-16(9-15-17-10-25(15)4-5-29-17)20(24-18(26)6-11)19-13(22)7-12(21(27)28)8-14(19)23/h2-3,6-8,15,17H,4-5,9-10H2,1H3,(H,27,28)/t15-,17-/m0/s1. The minimum Gasteiger partial charge on any atom is -0.478 e. The summed E-state index contributed by atoms with van der Waals surface area (Å²) in [4.78, 5) is 17.9. The van der Waals surface area contributed by atoms with Crippen LogP contribution in [0, 0.1) is 18.6 Å². The molecule has 3 aromatic rings. The van der Waals surface area contributed by atoms with E-state index in [1.807, 2.05) is 29.7 Å². The number of hydrogen-bond donors (Lipinski definition) is 1. The number of ether oxygens (including phenoxy) is 1. The van der Waals surface area contributed by atoms with E-state index in [1.165, 1.54) is 0 Å². The number of carboxylic acid groups (broad SMARTS) is 1. The van der Waals surface area contributed by atoms with Crippen molar-refractivity contribution < 1.29 is 23.4 Å². The van der Waals surface area contributed by atoms with Crippen molar-refractivity contribution in [2.75, 3.05) is 19.7 Å². The second-order valence-electron chi connectivity index (χ2n) is 7.64. The van der Waals surface area contributed by atoms with Gasteiger partial charge in [0, 0.05) is 31.7 Å². The molecule has 0 aliphatic carbocycles. The van der Waals surface area contributed by atoms with E-state index < -0.39 is 23.2 Å². The number of morpholine rings is 2. The fraction of sp³-hybridized carbons (Fsp3) is 0.333. The number of aryl methyl sites for hydroxylation is 1. The van der Waals surface area contributed by atoms with Crippen LogP contribution in [0.3, 0.4) is 0 Å². The Labute approximate surface area is 165 Å². The Balaban J connectivity index is 1.66. The van der Waals surface area contributed by atoms with E-state index in [0.29, 0.717) is 24.4 Å². The van der Waals surface area contributed by atoms with E-state index in [-0.39, 0.29) is 23.4 Å². The summed E-state index contributed by atoms with van der Waals surface area (Å²) in [7, 11) is 0. The van der Waals surface area contributed by atoms with E-state index in [0.717, 1.165) is 30.8 Å². The smallest absolute Gasteiger partial charge is 0.335 e. The van der Waals surface area contributed by atoms with Gasteiger partial charge in [-0.3, -0.25) is 4.90 Å². The molecule has 8 heteroatoms.